The van der Waals surface area contributed by atoms with Gasteiger partial charge in [-0.1, -0.05) is 36.9 Å². The molecule has 3 nitrogen and oxygen atoms in total. The van der Waals surface area contributed by atoms with Gasteiger partial charge in [0.05, 0.1) is 7.11 Å². The highest BCUT2D eigenvalue weighted by molar-refractivity contribution is 5.87. The topological polar surface area (TPSA) is 29.5 Å². The number of benzene rings is 1. The summed E-state index contributed by atoms with van der Waals surface area (Å²) in [7, 11) is 3.46. The summed E-state index contributed by atoms with van der Waals surface area (Å²) in [5.41, 5.74) is 1.84. The molecule has 0 radical (unpaired) electrons. The molecule has 1 aromatic rings. The zero-order valence-electron chi connectivity index (χ0n) is 11.2. The number of ether oxygens (including phenoxy) is 1. The van der Waals surface area contributed by atoms with E-state index in [0.717, 1.165) is 19.5 Å². The second-order valence-corrected chi connectivity index (χ2v) is 4.42. The third-order valence-corrected chi connectivity index (χ3v) is 2.79. The summed E-state index contributed by atoms with van der Waals surface area (Å²) in [6, 6.07) is 10.3. The number of carbonyl (C=O) groups is 1. The summed E-state index contributed by atoms with van der Waals surface area (Å²) in [6.07, 6.45) is 1.60. The van der Waals surface area contributed by atoms with Gasteiger partial charge in [0, 0.05) is 12.1 Å². The van der Waals surface area contributed by atoms with Crippen LogP contribution in [0.3, 0.4) is 0 Å². The van der Waals surface area contributed by atoms with Crippen LogP contribution < -0.4 is 0 Å². The lowest BCUT2D eigenvalue weighted by Gasteiger charge is -2.16. The minimum atomic E-state index is -0.305. The molecular weight excluding hydrogens is 226 g/mol. The lowest BCUT2D eigenvalue weighted by Crippen LogP contribution is -2.19. The van der Waals surface area contributed by atoms with E-state index in [1.807, 2.05) is 18.2 Å². The predicted octanol–water partition coefficient (Wildman–Crippen LogP) is 2.63. The van der Waals surface area contributed by atoms with Crippen molar-refractivity contribution in [2.75, 3.05) is 20.7 Å². The molecule has 0 saturated carbocycles. The quantitative estimate of drug-likeness (QED) is 0.548. The van der Waals surface area contributed by atoms with E-state index in [9.17, 15) is 4.79 Å². The van der Waals surface area contributed by atoms with Gasteiger partial charge < -0.3 is 9.64 Å². The first kappa shape index (κ1) is 14.5. The summed E-state index contributed by atoms with van der Waals surface area (Å²) in [5.74, 6) is -0.305. The van der Waals surface area contributed by atoms with E-state index >= 15 is 0 Å². The Morgan fingerprint density at radius 1 is 1.33 bits per heavy atom. The smallest absolute Gasteiger partial charge is 0.333 e. The lowest BCUT2D eigenvalue weighted by molar-refractivity contribution is -0.136. The van der Waals surface area contributed by atoms with Crippen LogP contribution in [-0.4, -0.2) is 31.6 Å². The Kier molecular flexibility index (Phi) is 6.15. The Balaban J connectivity index is 2.24. The number of hydrogen-bond acceptors (Lipinski definition) is 3. The van der Waals surface area contributed by atoms with Crippen molar-refractivity contribution < 1.29 is 9.53 Å². The summed E-state index contributed by atoms with van der Waals surface area (Å²) in [6.45, 7) is 5.57. The molecule has 18 heavy (non-hydrogen) atoms. The van der Waals surface area contributed by atoms with Crippen molar-refractivity contribution in [1.29, 1.82) is 0 Å². The monoisotopic (exact) mass is 247 g/mol. The van der Waals surface area contributed by atoms with Crippen LogP contribution in [0.2, 0.25) is 0 Å². The van der Waals surface area contributed by atoms with Crippen LogP contribution in [0, 0.1) is 0 Å². The number of rotatable bonds is 7. The van der Waals surface area contributed by atoms with E-state index in [-0.39, 0.29) is 5.97 Å². The Morgan fingerprint density at radius 2 is 2.00 bits per heavy atom. The van der Waals surface area contributed by atoms with Crippen molar-refractivity contribution >= 4 is 5.97 Å². The molecule has 0 aliphatic heterocycles. The van der Waals surface area contributed by atoms with E-state index in [0.29, 0.717) is 12.0 Å². The molecule has 3 heteroatoms. The molecule has 0 bridgehead atoms. The van der Waals surface area contributed by atoms with Gasteiger partial charge in [-0.25, -0.2) is 4.79 Å². The van der Waals surface area contributed by atoms with E-state index in [1.54, 1.807) is 0 Å². The van der Waals surface area contributed by atoms with Crippen molar-refractivity contribution in [3.63, 3.8) is 0 Å². The Bertz CT molecular complexity index is 387. The summed E-state index contributed by atoms with van der Waals surface area (Å²) >= 11 is 0. The maximum Gasteiger partial charge on any atom is 0.333 e. The van der Waals surface area contributed by atoms with Gasteiger partial charge in [0.2, 0.25) is 0 Å². The number of carbonyl (C=O) groups excluding carboxylic acids is 1. The molecule has 0 saturated heterocycles. The zero-order chi connectivity index (χ0) is 13.4. The minimum Gasteiger partial charge on any atom is -0.466 e. The largest absolute Gasteiger partial charge is 0.466 e. The van der Waals surface area contributed by atoms with Gasteiger partial charge in [-0.15, -0.1) is 0 Å². The normalized spacial score (nSPS) is 10.4. The molecule has 0 aliphatic rings. The molecule has 0 atom stereocenters. The van der Waals surface area contributed by atoms with Gasteiger partial charge in [0.15, 0.2) is 0 Å². The van der Waals surface area contributed by atoms with Crippen LogP contribution in [0.1, 0.15) is 18.4 Å². The molecule has 0 N–H and O–H groups in total. The van der Waals surface area contributed by atoms with Crippen molar-refractivity contribution in [1.82, 2.24) is 4.90 Å². The molecule has 0 fully saturated rings. The van der Waals surface area contributed by atoms with Gasteiger partial charge in [0.25, 0.3) is 0 Å². The van der Waals surface area contributed by atoms with Crippen LogP contribution in [0.25, 0.3) is 0 Å². The molecule has 1 rings (SSSR count). The van der Waals surface area contributed by atoms with Crippen LogP contribution in [0.5, 0.6) is 0 Å². The lowest BCUT2D eigenvalue weighted by atomic mass is 10.1. The summed E-state index contributed by atoms with van der Waals surface area (Å²) in [5, 5.41) is 0. The summed E-state index contributed by atoms with van der Waals surface area (Å²) in [4.78, 5) is 13.4. The summed E-state index contributed by atoms with van der Waals surface area (Å²) < 4.78 is 4.61. The molecule has 0 heterocycles. The van der Waals surface area contributed by atoms with E-state index in [2.05, 4.69) is 35.4 Å². The molecule has 0 aromatic heterocycles. The van der Waals surface area contributed by atoms with Gasteiger partial charge in [-0.3, -0.25) is 0 Å². The minimum absolute atomic E-state index is 0.305. The first-order valence-corrected chi connectivity index (χ1v) is 6.12. The molecular formula is C15H21NO2. The molecule has 1 aromatic carbocycles. The third-order valence-electron chi connectivity index (χ3n) is 2.79. The molecule has 0 amide bonds. The fourth-order valence-corrected chi connectivity index (χ4v) is 1.78. The Labute approximate surface area is 109 Å². The third kappa shape index (κ3) is 5.15. The van der Waals surface area contributed by atoms with Gasteiger partial charge in [-0.05, 0) is 32.0 Å². The molecule has 0 unspecified atom stereocenters. The Hall–Kier alpha value is -1.61. The van der Waals surface area contributed by atoms with Crippen molar-refractivity contribution in [3.8, 4) is 0 Å². The second-order valence-electron chi connectivity index (χ2n) is 4.42. The maximum atomic E-state index is 11.1. The number of hydrogen-bond donors (Lipinski definition) is 0. The molecule has 98 valence electrons. The van der Waals surface area contributed by atoms with Gasteiger partial charge in [-0.2, -0.15) is 0 Å². The van der Waals surface area contributed by atoms with Crippen LogP contribution in [-0.2, 0) is 16.1 Å². The average Bonchev–Trinajstić information content (AvgIpc) is 2.38. The van der Waals surface area contributed by atoms with Gasteiger partial charge >= 0.3 is 5.97 Å². The highest BCUT2D eigenvalue weighted by atomic mass is 16.5. The molecule has 0 aliphatic carbocycles. The van der Waals surface area contributed by atoms with Crippen molar-refractivity contribution in [3.05, 3.63) is 48.0 Å². The highest BCUT2D eigenvalue weighted by Crippen LogP contribution is 2.07. The van der Waals surface area contributed by atoms with Crippen LogP contribution >= 0.6 is 0 Å². The highest BCUT2D eigenvalue weighted by Gasteiger charge is 2.07. The maximum absolute atomic E-state index is 11.1. The first-order valence-electron chi connectivity index (χ1n) is 6.12. The standard InChI is InChI=1S/C15H21NO2/c1-13(15(17)18-3)8-7-11-16(2)12-14-9-5-4-6-10-14/h4-6,9-10H,1,7-8,11-12H2,2-3H3. The van der Waals surface area contributed by atoms with Crippen LogP contribution in [0.4, 0.5) is 0 Å². The number of methoxy groups -OCH3 is 1. The van der Waals surface area contributed by atoms with E-state index < -0.39 is 0 Å². The van der Waals surface area contributed by atoms with E-state index in [1.165, 1.54) is 12.7 Å². The average molecular weight is 247 g/mol. The van der Waals surface area contributed by atoms with E-state index in [4.69, 9.17) is 0 Å². The first-order chi connectivity index (χ1) is 8.63. The van der Waals surface area contributed by atoms with Gasteiger partial charge in [0.1, 0.15) is 0 Å². The number of nitrogens with zero attached hydrogens (tertiary/aromatic N) is 1. The van der Waals surface area contributed by atoms with Crippen molar-refractivity contribution in [2.24, 2.45) is 0 Å². The van der Waals surface area contributed by atoms with Crippen molar-refractivity contribution in [2.45, 2.75) is 19.4 Å². The van der Waals surface area contributed by atoms with Crippen LogP contribution in [0.15, 0.2) is 42.5 Å². The predicted molar refractivity (Wildman–Crippen MR) is 73.2 cm³/mol. The fourth-order valence-electron chi connectivity index (χ4n) is 1.78. The second kappa shape index (κ2) is 7.67. The zero-order valence-corrected chi connectivity index (χ0v) is 11.2. The SMILES string of the molecule is C=C(CCCN(C)Cc1ccccc1)C(=O)OC. The molecule has 0 spiro atoms. The Morgan fingerprint density at radius 3 is 2.61 bits per heavy atom. The fraction of sp³-hybridized carbons (Fsp3) is 0.400. The number of esters is 1.